The van der Waals surface area contributed by atoms with Gasteiger partial charge in [-0.2, -0.15) is 0 Å². The summed E-state index contributed by atoms with van der Waals surface area (Å²) >= 11 is 5.77. The van der Waals surface area contributed by atoms with Crippen molar-refractivity contribution < 1.29 is 19.1 Å². The molecular formula is C32H22BrN3O5S2. The number of aromatic nitrogens is 1. The zero-order valence-corrected chi connectivity index (χ0v) is 25.5. The molecule has 7 rings (SSSR count). The Hall–Kier alpha value is -4.19. The molecule has 2 aliphatic rings. The molecule has 214 valence electrons. The van der Waals surface area contributed by atoms with Gasteiger partial charge in [-0.05, 0) is 53.2 Å². The number of thioether (sulfide) groups is 1. The van der Waals surface area contributed by atoms with E-state index < -0.39 is 17.1 Å². The lowest BCUT2D eigenvalue weighted by Gasteiger charge is -2.31. The van der Waals surface area contributed by atoms with Crippen LogP contribution < -0.4 is 19.8 Å². The van der Waals surface area contributed by atoms with E-state index in [-0.39, 0.29) is 29.2 Å². The molecule has 8 nitrogen and oxygen atoms in total. The van der Waals surface area contributed by atoms with Crippen LogP contribution in [0.5, 0.6) is 5.75 Å². The van der Waals surface area contributed by atoms with E-state index >= 15 is 0 Å². The van der Waals surface area contributed by atoms with E-state index in [0.29, 0.717) is 32.6 Å². The smallest absolute Gasteiger partial charge is 0.305 e. The summed E-state index contributed by atoms with van der Waals surface area (Å²) in [5.74, 6) is -2.06. The van der Waals surface area contributed by atoms with Crippen LogP contribution in [-0.4, -0.2) is 34.6 Å². The normalized spacial score (nSPS) is 19.3. The van der Waals surface area contributed by atoms with Crippen LogP contribution in [0.1, 0.15) is 16.4 Å². The van der Waals surface area contributed by atoms with Crippen LogP contribution in [0.4, 0.5) is 11.4 Å². The molecule has 3 atom stereocenters. The first-order valence-corrected chi connectivity index (χ1v) is 15.9. The maximum Gasteiger partial charge on any atom is 0.305 e. The minimum absolute atomic E-state index is 0.269. The SMILES string of the molecule is O=C(COc1ccc(Br)cc1[C@@H]1c2sc(=O)[nH]c2S[C@H]2C(=O)N(c3ccccc3)C(=O)[C@@H]12)Nc1ccc2ccccc2c1. The number of para-hydroxylation sites is 1. The largest absolute Gasteiger partial charge is 0.483 e. The molecule has 5 aromatic rings. The molecule has 0 unspecified atom stereocenters. The Morgan fingerprint density at radius 2 is 1.67 bits per heavy atom. The predicted molar refractivity (Wildman–Crippen MR) is 171 cm³/mol. The van der Waals surface area contributed by atoms with E-state index in [1.807, 2.05) is 54.6 Å². The van der Waals surface area contributed by atoms with Crippen molar-refractivity contribution in [2.75, 3.05) is 16.8 Å². The number of aromatic amines is 1. The molecule has 0 bridgehead atoms. The second-order valence-electron chi connectivity index (χ2n) is 10.2. The Kier molecular flexibility index (Phi) is 7.16. The standard InChI is InChI=1S/C32H22BrN3O5S2/c33-19-11-13-23(41-16-24(37)34-20-12-10-17-6-4-5-7-18(17)14-20)22(15-19)25-26-28(42-29-27(25)43-32(40)35-29)31(39)36(30(26)38)21-8-2-1-3-9-21/h1-15,25-26,28H,16H2,(H,34,37)(H,35,40)/t25-,26-,28+/m0/s1. The van der Waals surface area contributed by atoms with Gasteiger partial charge in [-0.1, -0.05) is 87.6 Å². The molecule has 0 spiro atoms. The summed E-state index contributed by atoms with van der Waals surface area (Å²) in [6.45, 7) is -0.281. The summed E-state index contributed by atoms with van der Waals surface area (Å²) in [4.78, 5) is 57.6. The molecule has 0 radical (unpaired) electrons. The van der Waals surface area contributed by atoms with Gasteiger partial charge in [0.1, 0.15) is 11.0 Å². The highest BCUT2D eigenvalue weighted by Gasteiger charge is 2.56. The topological polar surface area (TPSA) is 109 Å². The number of nitrogens with zero attached hydrogens (tertiary/aromatic N) is 1. The number of nitrogens with one attached hydrogen (secondary N) is 2. The number of carbonyl (C=O) groups is 3. The van der Waals surface area contributed by atoms with Crippen molar-refractivity contribution in [1.82, 2.24) is 4.98 Å². The van der Waals surface area contributed by atoms with Gasteiger partial charge in [0.2, 0.25) is 11.8 Å². The monoisotopic (exact) mass is 671 g/mol. The number of ether oxygens (including phenoxy) is 1. The Morgan fingerprint density at radius 3 is 2.49 bits per heavy atom. The average molecular weight is 673 g/mol. The molecule has 0 aliphatic carbocycles. The van der Waals surface area contributed by atoms with Crippen LogP contribution in [0.2, 0.25) is 0 Å². The van der Waals surface area contributed by atoms with Crippen LogP contribution in [0.15, 0.2) is 105 Å². The molecule has 43 heavy (non-hydrogen) atoms. The Bertz CT molecular complexity index is 1980. The van der Waals surface area contributed by atoms with Crippen molar-refractivity contribution in [3.63, 3.8) is 0 Å². The average Bonchev–Trinajstić information content (AvgIpc) is 3.50. The number of amides is 3. The number of imide groups is 1. The van der Waals surface area contributed by atoms with Gasteiger partial charge >= 0.3 is 4.87 Å². The number of anilines is 2. The maximum atomic E-state index is 14.0. The van der Waals surface area contributed by atoms with Crippen LogP contribution in [0.25, 0.3) is 10.8 Å². The van der Waals surface area contributed by atoms with Gasteiger partial charge in [0.15, 0.2) is 6.61 Å². The Balaban J connectivity index is 1.21. The summed E-state index contributed by atoms with van der Waals surface area (Å²) in [6, 6.07) is 27.7. The molecule has 1 aromatic heterocycles. The van der Waals surface area contributed by atoms with Gasteiger partial charge < -0.3 is 15.0 Å². The van der Waals surface area contributed by atoms with Gasteiger partial charge in [0.25, 0.3) is 5.91 Å². The fourth-order valence-electron chi connectivity index (χ4n) is 5.68. The van der Waals surface area contributed by atoms with Crippen molar-refractivity contribution in [3.8, 4) is 5.75 Å². The minimum Gasteiger partial charge on any atom is -0.483 e. The van der Waals surface area contributed by atoms with Crippen LogP contribution in [-0.2, 0) is 14.4 Å². The Labute approximate surface area is 262 Å². The fourth-order valence-corrected chi connectivity index (χ4v) is 8.57. The van der Waals surface area contributed by atoms with Crippen molar-refractivity contribution in [2.24, 2.45) is 5.92 Å². The van der Waals surface area contributed by atoms with E-state index in [2.05, 4.69) is 26.2 Å². The zero-order valence-electron chi connectivity index (χ0n) is 22.3. The first-order valence-electron chi connectivity index (χ1n) is 13.4. The molecule has 2 N–H and O–H groups in total. The minimum atomic E-state index is -0.778. The summed E-state index contributed by atoms with van der Waals surface area (Å²) in [5.41, 5.74) is 1.75. The Morgan fingerprint density at radius 1 is 0.907 bits per heavy atom. The van der Waals surface area contributed by atoms with E-state index in [1.165, 1.54) is 16.7 Å². The van der Waals surface area contributed by atoms with Gasteiger partial charge in [-0.15, -0.1) is 0 Å². The summed E-state index contributed by atoms with van der Waals surface area (Å²) in [5, 5.41) is 4.78. The molecule has 11 heteroatoms. The molecule has 1 fully saturated rings. The third kappa shape index (κ3) is 5.07. The van der Waals surface area contributed by atoms with Gasteiger partial charge in [-0.25, -0.2) is 4.90 Å². The van der Waals surface area contributed by atoms with Crippen molar-refractivity contribution in [3.05, 3.63) is 116 Å². The fraction of sp³-hybridized carbons (Fsp3) is 0.125. The molecule has 4 aromatic carbocycles. The number of hydrogen-bond donors (Lipinski definition) is 2. The van der Waals surface area contributed by atoms with Crippen LogP contribution in [0.3, 0.4) is 0 Å². The highest BCUT2D eigenvalue weighted by atomic mass is 79.9. The molecule has 0 saturated carbocycles. The van der Waals surface area contributed by atoms with Gasteiger partial charge in [-0.3, -0.25) is 19.2 Å². The summed E-state index contributed by atoms with van der Waals surface area (Å²) in [6.07, 6.45) is 0. The quantitative estimate of drug-likeness (QED) is 0.209. The lowest BCUT2D eigenvalue weighted by atomic mass is 9.82. The maximum absolute atomic E-state index is 14.0. The summed E-state index contributed by atoms with van der Waals surface area (Å²) in [7, 11) is 0. The lowest BCUT2D eigenvalue weighted by Crippen LogP contribution is -2.32. The number of fused-ring (bicyclic) bond motifs is 3. The van der Waals surface area contributed by atoms with E-state index in [0.717, 1.165) is 26.6 Å². The van der Waals surface area contributed by atoms with Crippen LogP contribution >= 0.6 is 39.0 Å². The lowest BCUT2D eigenvalue weighted by molar-refractivity contribution is -0.122. The second-order valence-corrected chi connectivity index (χ2v) is 13.3. The number of carbonyl (C=O) groups excluding carboxylic acids is 3. The number of H-pyrrole nitrogens is 1. The van der Waals surface area contributed by atoms with Crippen molar-refractivity contribution in [1.29, 1.82) is 0 Å². The third-order valence-electron chi connectivity index (χ3n) is 7.54. The highest BCUT2D eigenvalue weighted by Crippen LogP contribution is 2.54. The number of benzene rings is 4. The first kappa shape index (κ1) is 27.6. The first-order chi connectivity index (χ1) is 20.9. The summed E-state index contributed by atoms with van der Waals surface area (Å²) < 4.78 is 6.81. The zero-order chi connectivity index (χ0) is 29.7. The second kappa shape index (κ2) is 11.1. The number of rotatable bonds is 6. The van der Waals surface area contributed by atoms with Gasteiger partial charge in [0.05, 0.1) is 16.6 Å². The van der Waals surface area contributed by atoms with Crippen molar-refractivity contribution >= 4 is 78.9 Å². The van der Waals surface area contributed by atoms with Gasteiger partial charge in [0, 0.05) is 26.5 Å². The van der Waals surface area contributed by atoms with E-state index in [1.54, 1.807) is 36.4 Å². The molecule has 2 aliphatic heterocycles. The predicted octanol–water partition coefficient (Wildman–Crippen LogP) is 6.17. The molecular weight excluding hydrogens is 650 g/mol. The van der Waals surface area contributed by atoms with E-state index in [9.17, 15) is 19.2 Å². The number of halogens is 1. The van der Waals surface area contributed by atoms with Crippen molar-refractivity contribution in [2.45, 2.75) is 16.2 Å². The number of thiazole rings is 1. The van der Waals surface area contributed by atoms with E-state index in [4.69, 9.17) is 4.74 Å². The number of hydrogen-bond acceptors (Lipinski definition) is 7. The highest BCUT2D eigenvalue weighted by molar-refractivity contribution is 9.10. The molecule has 3 heterocycles. The van der Waals surface area contributed by atoms with Crippen LogP contribution in [0, 0.1) is 5.92 Å². The molecule has 3 amide bonds. The third-order valence-corrected chi connectivity index (χ3v) is 10.4. The molecule has 1 saturated heterocycles.